The van der Waals surface area contributed by atoms with Crippen molar-refractivity contribution in [2.75, 3.05) is 0 Å². The van der Waals surface area contributed by atoms with Crippen LogP contribution in [0.2, 0.25) is 0 Å². The lowest BCUT2D eigenvalue weighted by molar-refractivity contribution is 1.07. The highest BCUT2D eigenvalue weighted by Crippen LogP contribution is 2.45. The number of fused-ring (bicyclic) bond motifs is 6. The maximum atomic E-state index is 5.04. The van der Waals surface area contributed by atoms with E-state index in [0.29, 0.717) is 17.5 Å². The van der Waals surface area contributed by atoms with Crippen molar-refractivity contribution in [3.8, 4) is 84.4 Å². The second-order valence-corrected chi connectivity index (χ2v) is 16.0. The molecule has 2 heterocycles. The summed E-state index contributed by atoms with van der Waals surface area (Å²) >= 11 is 0. The number of rotatable bonds is 7. The molecule has 290 valence electrons. The largest absolute Gasteiger partial charge is 0.309 e. The fourth-order valence-electron chi connectivity index (χ4n) is 9.30. The Morgan fingerprint density at radius 3 is 1.55 bits per heavy atom. The highest BCUT2D eigenvalue weighted by atomic mass is 15.0. The van der Waals surface area contributed by atoms with Crippen LogP contribution in [-0.2, 0) is 6.42 Å². The van der Waals surface area contributed by atoms with E-state index in [1.165, 1.54) is 77.6 Å². The molecular formula is C58H38N4. The molecule has 4 heteroatoms. The van der Waals surface area contributed by atoms with Crippen molar-refractivity contribution in [1.82, 2.24) is 19.5 Å². The molecule has 0 bridgehead atoms. The lowest BCUT2D eigenvalue weighted by atomic mass is 9.91. The van der Waals surface area contributed by atoms with E-state index in [4.69, 9.17) is 15.0 Å². The van der Waals surface area contributed by atoms with Crippen molar-refractivity contribution in [2.45, 2.75) is 6.42 Å². The summed E-state index contributed by atoms with van der Waals surface area (Å²) in [4.78, 5) is 15.0. The molecule has 11 aromatic rings. The van der Waals surface area contributed by atoms with E-state index in [0.717, 1.165) is 28.7 Å². The van der Waals surface area contributed by atoms with Crippen molar-refractivity contribution in [2.24, 2.45) is 0 Å². The molecule has 12 rings (SSSR count). The molecule has 62 heavy (non-hydrogen) atoms. The molecular weight excluding hydrogens is 753 g/mol. The van der Waals surface area contributed by atoms with Gasteiger partial charge in [-0.1, -0.05) is 170 Å². The minimum Gasteiger partial charge on any atom is -0.309 e. The predicted octanol–water partition coefficient (Wildman–Crippen LogP) is 14.5. The SMILES string of the molecule is c1ccc(-c2nc(-c3ccccc3)nc(-c3cccc(-c4cccc5c4-c4cc(-c6cccc(-c7ccc8c(c7)c7ccccc7n8-c7ccccc7)c6)ccc4C5)c3)n2)cc1. The Labute approximate surface area is 360 Å². The van der Waals surface area contributed by atoms with Crippen LogP contribution in [-0.4, -0.2) is 19.5 Å². The average molecular weight is 791 g/mol. The molecule has 2 aromatic heterocycles. The van der Waals surface area contributed by atoms with Crippen LogP contribution in [0.5, 0.6) is 0 Å². The van der Waals surface area contributed by atoms with Gasteiger partial charge in [-0.2, -0.15) is 0 Å². The van der Waals surface area contributed by atoms with Gasteiger partial charge in [-0.25, -0.2) is 15.0 Å². The molecule has 1 aliphatic rings. The van der Waals surface area contributed by atoms with Crippen molar-refractivity contribution in [3.63, 3.8) is 0 Å². The van der Waals surface area contributed by atoms with E-state index >= 15 is 0 Å². The molecule has 0 saturated carbocycles. The molecule has 0 radical (unpaired) electrons. The number of aromatic nitrogens is 4. The molecule has 0 fully saturated rings. The summed E-state index contributed by atoms with van der Waals surface area (Å²) < 4.78 is 2.37. The first-order chi connectivity index (χ1) is 30.7. The molecule has 9 aromatic carbocycles. The molecule has 0 aliphatic heterocycles. The zero-order valence-corrected chi connectivity index (χ0v) is 33.8. The Kier molecular flexibility index (Phi) is 8.53. The third-order valence-electron chi connectivity index (χ3n) is 12.3. The topological polar surface area (TPSA) is 43.6 Å². The second kappa shape index (κ2) is 14.8. The van der Waals surface area contributed by atoms with E-state index < -0.39 is 0 Å². The first-order valence-electron chi connectivity index (χ1n) is 21.1. The van der Waals surface area contributed by atoms with E-state index in [1.807, 2.05) is 60.7 Å². The highest BCUT2D eigenvalue weighted by Gasteiger charge is 2.23. The van der Waals surface area contributed by atoms with E-state index in [2.05, 4.69) is 162 Å². The van der Waals surface area contributed by atoms with Gasteiger partial charge >= 0.3 is 0 Å². The van der Waals surface area contributed by atoms with Crippen LogP contribution in [0.4, 0.5) is 0 Å². The Morgan fingerprint density at radius 1 is 0.306 bits per heavy atom. The van der Waals surface area contributed by atoms with Gasteiger partial charge < -0.3 is 4.57 Å². The molecule has 0 atom stereocenters. The van der Waals surface area contributed by atoms with Gasteiger partial charge in [0.1, 0.15) is 0 Å². The summed E-state index contributed by atoms with van der Waals surface area (Å²) in [6, 6.07) is 77.9. The molecule has 0 unspecified atom stereocenters. The monoisotopic (exact) mass is 790 g/mol. The maximum Gasteiger partial charge on any atom is 0.164 e. The lowest BCUT2D eigenvalue weighted by Crippen LogP contribution is -2.00. The average Bonchev–Trinajstić information content (AvgIpc) is 3.90. The van der Waals surface area contributed by atoms with Crippen molar-refractivity contribution in [3.05, 3.63) is 230 Å². The standard InChI is InChI=1S/C58H38N4/c1-4-15-38(16-5-1)56-59-57(39-17-6-2-7-18-39)61-58(60-56)47-23-13-21-44(35-47)49-27-14-22-46-34-45-30-29-42(36-51(45)55(46)49)40-19-12-20-41(33-40)43-31-32-54-52(37-43)50-26-10-11-28-53(50)62(54)48-24-8-3-9-25-48/h1-33,35-37H,34H2. The summed E-state index contributed by atoms with van der Waals surface area (Å²) in [6.07, 6.45) is 0.906. The summed E-state index contributed by atoms with van der Waals surface area (Å²) in [5.74, 6) is 1.96. The third kappa shape index (κ3) is 6.20. The van der Waals surface area contributed by atoms with Gasteiger partial charge in [0.25, 0.3) is 0 Å². The molecule has 0 N–H and O–H groups in total. The van der Waals surface area contributed by atoms with Crippen LogP contribution in [0.3, 0.4) is 0 Å². The van der Waals surface area contributed by atoms with E-state index in [-0.39, 0.29) is 0 Å². The van der Waals surface area contributed by atoms with Crippen LogP contribution >= 0.6 is 0 Å². The predicted molar refractivity (Wildman–Crippen MR) is 255 cm³/mol. The molecule has 1 aliphatic carbocycles. The molecule has 0 saturated heterocycles. The van der Waals surface area contributed by atoms with Crippen molar-refractivity contribution in [1.29, 1.82) is 0 Å². The highest BCUT2D eigenvalue weighted by molar-refractivity contribution is 6.10. The first-order valence-corrected chi connectivity index (χ1v) is 21.1. The van der Waals surface area contributed by atoms with Gasteiger partial charge in [-0.05, 0) is 111 Å². The normalized spacial score (nSPS) is 11.8. The van der Waals surface area contributed by atoms with Gasteiger partial charge in [-0.15, -0.1) is 0 Å². The van der Waals surface area contributed by atoms with Crippen LogP contribution in [0.15, 0.2) is 218 Å². The Hall–Kier alpha value is -8.21. The van der Waals surface area contributed by atoms with Gasteiger partial charge in [0.2, 0.25) is 0 Å². The minimum absolute atomic E-state index is 0.649. The van der Waals surface area contributed by atoms with E-state index in [9.17, 15) is 0 Å². The fourth-order valence-corrected chi connectivity index (χ4v) is 9.30. The van der Waals surface area contributed by atoms with Gasteiger partial charge in [-0.3, -0.25) is 0 Å². The summed E-state index contributed by atoms with van der Waals surface area (Å²) in [5.41, 5.74) is 18.9. The molecule has 0 spiro atoms. The number of hydrogen-bond donors (Lipinski definition) is 0. The van der Waals surface area contributed by atoms with Crippen LogP contribution in [0.25, 0.3) is 106 Å². The number of hydrogen-bond acceptors (Lipinski definition) is 3. The fraction of sp³-hybridized carbons (Fsp3) is 0.0172. The molecule has 0 amide bonds. The number of nitrogens with zero attached hydrogens (tertiary/aromatic N) is 4. The van der Waals surface area contributed by atoms with Crippen LogP contribution in [0, 0.1) is 0 Å². The smallest absolute Gasteiger partial charge is 0.164 e. The summed E-state index contributed by atoms with van der Waals surface area (Å²) in [6.45, 7) is 0. The van der Waals surface area contributed by atoms with E-state index in [1.54, 1.807) is 0 Å². The number of benzene rings is 9. The Balaban J connectivity index is 0.917. The van der Waals surface area contributed by atoms with Gasteiger partial charge in [0.15, 0.2) is 17.5 Å². The Morgan fingerprint density at radius 2 is 0.823 bits per heavy atom. The minimum atomic E-state index is 0.649. The molecule has 4 nitrogen and oxygen atoms in total. The quantitative estimate of drug-likeness (QED) is 0.161. The van der Waals surface area contributed by atoms with Gasteiger partial charge in [0.05, 0.1) is 11.0 Å². The Bertz CT molecular complexity index is 3420. The number of para-hydroxylation sites is 2. The summed E-state index contributed by atoms with van der Waals surface area (Å²) in [5, 5.41) is 2.51. The van der Waals surface area contributed by atoms with Crippen molar-refractivity contribution >= 4 is 21.8 Å². The van der Waals surface area contributed by atoms with Crippen LogP contribution in [0.1, 0.15) is 11.1 Å². The maximum absolute atomic E-state index is 5.04. The zero-order chi connectivity index (χ0) is 41.0. The lowest BCUT2D eigenvalue weighted by Gasteiger charge is -2.13. The van der Waals surface area contributed by atoms with Crippen LogP contribution < -0.4 is 0 Å². The van der Waals surface area contributed by atoms with Gasteiger partial charge in [0, 0.05) is 33.2 Å². The second-order valence-electron chi connectivity index (χ2n) is 16.0. The first kappa shape index (κ1) is 35.7. The van der Waals surface area contributed by atoms with Crippen molar-refractivity contribution < 1.29 is 0 Å². The zero-order valence-electron chi connectivity index (χ0n) is 33.8. The summed E-state index contributed by atoms with van der Waals surface area (Å²) in [7, 11) is 0. The third-order valence-corrected chi connectivity index (χ3v) is 12.3.